The number of ketones is 1. The molecule has 3 N–H and O–H groups in total. The third kappa shape index (κ3) is 9.49. The highest BCUT2D eigenvalue weighted by molar-refractivity contribution is 6.06. The van der Waals surface area contributed by atoms with Crippen molar-refractivity contribution in [2.45, 2.75) is 73.4 Å². The summed E-state index contributed by atoms with van der Waals surface area (Å²) in [6.07, 6.45) is -0.283. The number of nitrogens with one attached hydrogen (secondary N) is 1. The molecule has 1 aromatic carbocycles. The highest BCUT2D eigenvalue weighted by Crippen LogP contribution is 2.39. The minimum absolute atomic E-state index is 0.0574. The fraction of sp³-hybridized carbons (Fsp3) is 0.577. The monoisotopic (exact) mass is 522 g/mol. The van der Waals surface area contributed by atoms with Gasteiger partial charge in [-0.25, -0.2) is 4.79 Å². The van der Waals surface area contributed by atoms with E-state index >= 15 is 0 Å². The number of nitrogens with two attached hydrogens (primary N) is 1. The Morgan fingerprint density at radius 1 is 0.811 bits per heavy atom. The molecule has 0 saturated heterocycles. The Morgan fingerprint density at radius 2 is 1.35 bits per heavy atom. The van der Waals surface area contributed by atoms with E-state index < -0.39 is 53.6 Å². The molecule has 1 aromatic rings. The molecule has 0 amide bonds. The number of hydrogen-bond donors (Lipinski definition) is 2. The van der Waals surface area contributed by atoms with Gasteiger partial charge in [-0.3, -0.25) is 19.2 Å². The van der Waals surface area contributed by atoms with Crippen molar-refractivity contribution < 1.29 is 42.9 Å². The topological polar surface area (TPSA) is 160 Å². The largest absolute Gasteiger partial charge is 0.465 e. The first-order valence-electron chi connectivity index (χ1n) is 12.3. The molecule has 11 heteroatoms. The highest BCUT2D eigenvalue weighted by Gasteiger charge is 2.29. The average Bonchev–Trinajstić information content (AvgIpc) is 2.83. The van der Waals surface area contributed by atoms with E-state index in [1.807, 2.05) is 0 Å². The van der Waals surface area contributed by atoms with Gasteiger partial charge in [0.25, 0.3) is 0 Å². The molecular weight excluding hydrogens is 484 g/mol. The number of anilines is 1. The Kier molecular flexibility index (Phi) is 12.7. The van der Waals surface area contributed by atoms with Gasteiger partial charge in [0.1, 0.15) is 12.1 Å². The predicted molar refractivity (Wildman–Crippen MR) is 135 cm³/mol. The summed E-state index contributed by atoms with van der Waals surface area (Å²) in [5.74, 6) is -4.55. The van der Waals surface area contributed by atoms with Crippen LogP contribution < -0.4 is 20.5 Å². The smallest absolute Gasteiger partial charge is 0.328 e. The van der Waals surface area contributed by atoms with Gasteiger partial charge in [-0.05, 0) is 39.3 Å². The molecule has 206 valence electrons. The van der Waals surface area contributed by atoms with Crippen molar-refractivity contribution in [3.05, 3.63) is 17.7 Å². The molecule has 37 heavy (non-hydrogen) atoms. The Labute approximate surface area is 217 Å². The van der Waals surface area contributed by atoms with Crippen molar-refractivity contribution in [2.75, 3.05) is 18.5 Å². The Hall–Kier alpha value is -3.47. The van der Waals surface area contributed by atoms with E-state index in [4.69, 9.17) is 24.7 Å². The molecule has 0 aliphatic heterocycles. The molecule has 0 unspecified atom stereocenters. The first kappa shape index (κ1) is 31.6. The highest BCUT2D eigenvalue weighted by atomic mass is 16.6. The lowest BCUT2D eigenvalue weighted by Gasteiger charge is -2.21. The van der Waals surface area contributed by atoms with Gasteiger partial charge in [0.2, 0.25) is 0 Å². The number of Topliss-reactive ketones (excluding diaryl/α,β-unsaturated/α-hetero) is 1. The minimum Gasteiger partial charge on any atom is -0.465 e. The number of esters is 4. The first-order valence-corrected chi connectivity index (χ1v) is 12.3. The summed E-state index contributed by atoms with van der Waals surface area (Å²) in [6, 6.07) is 0.877. The Morgan fingerprint density at radius 3 is 1.89 bits per heavy atom. The van der Waals surface area contributed by atoms with Crippen molar-refractivity contribution in [2.24, 2.45) is 17.6 Å². The lowest BCUT2D eigenvalue weighted by Crippen LogP contribution is -2.33. The minimum atomic E-state index is -1.05. The molecule has 0 fully saturated rings. The molecule has 0 radical (unpaired) electrons. The van der Waals surface area contributed by atoms with Crippen molar-refractivity contribution in [1.82, 2.24) is 0 Å². The van der Waals surface area contributed by atoms with Crippen LogP contribution in [0.15, 0.2) is 12.1 Å². The van der Waals surface area contributed by atoms with Gasteiger partial charge < -0.3 is 30.0 Å². The molecule has 0 spiro atoms. The van der Waals surface area contributed by atoms with Crippen LogP contribution in [0.4, 0.5) is 5.69 Å². The number of hydrogen-bond acceptors (Lipinski definition) is 11. The van der Waals surface area contributed by atoms with Crippen molar-refractivity contribution >= 4 is 35.3 Å². The van der Waals surface area contributed by atoms with Crippen LogP contribution in [-0.4, -0.2) is 55.0 Å². The van der Waals surface area contributed by atoms with Crippen molar-refractivity contribution in [3.63, 3.8) is 0 Å². The van der Waals surface area contributed by atoms with E-state index in [0.29, 0.717) is 0 Å². The quantitative estimate of drug-likeness (QED) is 0.210. The zero-order valence-corrected chi connectivity index (χ0v) is 22.5. The average molecular weight is 523 g/mol. The van der Waals surface area contributed by atoms with E-state index in [0.717, 1.165) is 0 Å². The van der Waals surface area contributed by atoms with E-state index in [1.54, 1.807) is 41.5 Å². The third-order valence-corrected chi connectivity index (χ3v) is 5.04. The van der Waals surface area contributed by atoms with Gasteiger partial charge in [-0.1, -0.05) is 27.7 Å². The van der Waals surface area contributed by atoms with Crippen LogP contribution in [0.5, 0.6) is 11.5 Å². The number of ether oxygens (including phenoxy) is 4. The summed E-state index contributed by atoms with van der Waals surface area (Å²) in [5.41, 5.74) is 5.87. The van der Waals surface area contributed by atoms with Crippen LogP contribution in [0.25, 0.3) is 0 Å². The number of carbonyl (C=O) groups is 5. The first-order chi connectivity index (χ1) is 17.3. The predicted octanol–water partition coefficient (Wildman–Crippen LogP) is 3.03. The lowest BCUT2D eigenvalue weighted by atomic mass is 9.99. The summed E-state index contributed by atoms with van der Waals surface area (Å²) < 4.78 is 20.9. The van der Waals surface area contributed by atoms with Gasteiger partial charge in [0, 0.05) is 12.1 Å². The molecule has 0 bridgehead atoms. The maximum absolute atomic E-state index is 13.5. The molecule has 2 atom stereocenters. The van der Waals surface area contributed by atoms with Gasteiger partial charge in [0.05, 0.1) is 30.6 Å². The summed E-state index contributed by atoms with van der Waals surface area (Å²) in [7, 11) is 0. The van der Waals surface area contributed by atoms with E-state index in [2.05, 4.69) is 5.32 Å². The van der Waals surface area contributed by atoms with Crippen LogP contribution >= 0.6 is 0 Å². The van der Waals surface area contributed by atoms with Crippen molar-refractivity contribution in [1.29, 1.82) is 0 Å². The number of benzene rings is 1. The fourth-order valence-electron chi connectivity index (χ4n) is 2.93. The molecule has 11 nitrogen and oxygen atoms in total. The second-order valence-electron chi connectivity index (χ2n) is 8.91. The van der Waals surface area contributed by atoms with E-state index in [-0.39, 0.29) is 48.8 Å². The zero-order chi connectivity index (χ0) is 28.3. The molecule has 1 rings (SSSR count). The van der Waals surface area contributed by atoms with Crippen molar-refractivity contribution in [3.8, 4) is 11.5 Å². The Bertz CT molecular complexity index is 989. The maximum Gasteiger partial charge on any atom is 0.328 e. The molecule has 0 aromatic heterocycles. The van der Waals surface area contributed by atoms with E-state index in [9.17, 15) is 24.0 Å². The van der Waals surface area contributed by atoms with Gasteiger partial charge in [0.15, 0.2) is 17.3 Å². The Balaban J connectivity index is 3.59. The van der Waals surface area contributed by atoms with Gasteiger partial charge >= 0.3 is 23.9 Å². The standard InChI is InChI=1S/C26H38N2O9/c1-8-34-25(32)16(7)28-18-11-13-20(36-23(30)14(3)4)22(37-24(31)15(5)6)21(18)19(29)12-10-17(27)26(33)35-9-2/h11,13-17,28H,8-10,12,27H2,1-7H3/t16-,17-/m0/s1. The zero-order valence-electron chi connectivity index (χ0n) is 22.5. The summed E-state index contributed by atoms with van der Waals surface area (Å²) in [6.45, 7) is 11.6. The van der Waals surface area contributed by atoms with Gasteiger partial charge in [-0.2, -0.15) is 0 Å². The summed E-state index contributed by atoms with van der Waals surface area (Å²) in [4.78, 5) is 62.5. The van der Waals surface area contributed by atoms with E-state index in [1.165, 1.54) is 19.1 Å². The van der Waals surface area contributed by atoms with Crippen LogP contribution in [0.1, 0.15) is 71.7 Å². The third-order valence-electron chi connectivity index (χ3n) is 5.04. The van der Waals surface area contributed by atoms with Gasteiger partial charge in [-0.15, -0.1) is 0 Å². The van der Waals surface area contributed by atoms with Crippen LogP contribution in [-0.2, 0) is 28.7 Å². The summed E-state index contributed by atoms with van der Waals surface area (Å²) >= 11 is 0. The molecular formula is C26H38N2O9. The van der Waals surface area contributed by atoms with Crippen LogP contribution in [0, 0.1) is 11.8 Å². The SMILES string of the molecule is CCOC(=O)[C@H](C)Nc1ccc(OC(=O)C(C)C)c(OC(=O)C(C)C)c1C(=O)CC[C@H](N)C(=O)OCC. The second kappa shape index (κ2) is 14.9. The maximum atomic E-state index is 13.5. The number of carbonyl (C=O) groups excluding carboxylic acids is 5. The van der Waals surface area contributed by atoms with Crippen LogP contribution in [0.2, 0.25) is 0 Å². The van der Waals surface area contributed by atoms with Crippen LogP contribution in [0.3, 0.4) is 0 Å². The normalized spacial score (nSPS) is 12.5. The molecule has 0 saturated carbocycles. The summed E-state index contributed by atoms with van der Waals surface area (Å²) in [5, 5.41) is 2.90. The molecule has 0 heterocycles. The fourth-order valence-corrected chi connectivity index (χ4v) is 2.93. The molecule has 0 aliphatic rings. The lowest BCUT2D eigenvalue weighted by molar-refractivity contribution is -0.145. The second-order valence-corrected chi connectivity index (χ2v) is 8.91. The number of rotatable bonds is 14. The molecule has 0 aliphatic carbocycles.